The molecule has 1 fully saturated rings. The number of nitrogens with one attached hydrogen (secondary N) is 2. The van der Waals surface area contributed by atoms with Crippen molar-refractivity contribution in [1.29, 1.82) is 0 Å². The van der Waals surface area contributed by atoms with E-state index in [1.54, 1.807) is 48.5 Å². The summed E-state index contributed by atoms with van der Waals surface area (Å²) in [4.78, 5) is 24.5. The number of anilines is 1. The van der Waals surface area contributed by atoms with Crippen molar-refractivity contribution in [3.63, 3.8) is 0 Å². The molecule has 3 rings (SSSR count). The fraction of sp³-hybridized carbons (Fsp3) is 0.105. The number of ether oxygens (including phenoxy) is 2. The first-order chi connectivity index (χ1) is 13.4. The van der Waals surface area contributed by atoms with E-state index in [9.17, 15) is 9.59 Å². The molecule has 0 spiro atoms. The highest BCUT2D eigenvalue weighted by molar-refractivity contribution is 8.19. The van der Waals surface area contributed by atoms with Crippen LogP contribution >= 0.6 is 35.6 Å². The van der Waals surface area contributed by atoms with Crippen LogP contribution in [-0.4, -0.2) is 29.9 Å². The minimum atomic E-state index is -0.312. The Morgan fingerprint density at radius 1 is 1.25 bits per heavy atom. The highest BCUT2D eigenvalue weighted by atomic mass is 35.5. The molecule has 9 heteroatoms. The lowest BCUT2D eigenvalue weighted by Gasteiger charge is -2.12. The third kappa shape index (κ3) is 5.25. The van der Waals surface area contributed by atoms with Crippen molar-refractivity contribution >= 4 is 63.5 Å². The Hall–Kier alpha value is -2.55. The Kier molecular flexibility index (Phi) is 6.56. The van der Waals surface area contributed by atoms with E-state index in [-0.39, 0.29) is 17.8 Å². The quantitative estimate of drug-likeness (QED) is 0.515. The van der Waals surface area contributed by atoms with Crippen LogP contribution in [0.4, 0.5) is 10.5 Å². The topological polar surface area (TPSA) is 76.7 Å². The van der Waals surface area contributed by atoms with Gasteiger partial charge in [0.25, 0.3) is 11.1 Å². The van der Waals surface area contributed by atoms with E-state index in [2.05, 4.69) is 10.6 Å². The van der Waals surface area contributed by atoms with Crippen LogP contribution in [0.3, 0.4) is 0 Å². The summed E-state index contributed by atoms with van der Waals surface area (Å²) in [5, 5.41) is 5.67. The number of methoxy groups -OCH3 is 1. The van der Waals surface area contributed by atoms with Crippen molar-refractivity contribution in [3.8, 4) is 11.5 Å². The van der Waals surface area contributed by atoms with Crippen molar-refractivity contribution < 1.29 is 19.1 Å². The first-order valence-corrected chi connectivity index (χ1v) is 9.66. The van der Waals surface area contributed by atoms with Crippen LogP contribution in [0.2, 0.25) is 5.02 Å². The molecular formula is C19H15ClN2O4S2. The predicted octanol–water partition coefficient (Wildman–Crippen LogP) is 4.49. The van der Waals surface area contributed by atoms with Crippen molar-refractivity contribution in [2.75, 3.05) is 19.0 Å². The number of hydrogen-bond acceptors (Lipinski definition) is 6. The minimum absolute atomic E-state index is 0.183. The highest BCUT2D eigenvalue weighted by Crippen LogP contribution is 2.31. The van der Waals surface area contributed by atoms with Crippen LogP contribution in [-0.2, 0) is 4.79 Å². The van der Waals surface area contributed by atoms with Crippen LogP contribution in [0.15, 0.2) is 47.4 Å². The summed E-state index contributed by atoms with van der Waals surface area (Å²) in [5.41, 5.74) is 1.41. The first kappa shape index (κ1) is 20.2. The molecule has 1 aliphatic heterocycles. The van der Waals surface area contributed by atoms with Crippen molar-refractivity contribution in [3.05, 3.63) is 58.0 Å². The van der Waals surface area contributed by atoms with Gasteiger partial charge in [-0.3, -0.25) is 9.59 Å². The van der Waals surface area contributed by atoms with Crippen molar-refractivity contribution in [1.82, 2.24) is 5.32 Å². The standard InChI is InChI=1S/C19H15ClN2O4S2/c1-25-15-8-11(9-16-18(27)22-19(24)28-16)2-7-14(15)26-10-17(23)21-13-5-3-12(20)4-6-13/h2-9H,10H2,1H3,(H,21,23)(H,22,24,27). The van der Waals surface area contributed by atoms with Gasteiger partial charge in [-0.05, 0) is 59.8 Å². The van der Waals surface area contributed by atoms with E-state index in [1.165, 1.54) is 7.11 Å². The number of rotatable bonds is 6. The molecule has 0 aromatic heterocycles. The van der Waals surface area contributed by atoms with E-state index in [4.69, 9.17) is 33.3 Å². The third-order valence-electron chi connectivity index (χ3n) is 3.61. The Morgan fingerprint density at radius 3 is 2.64 bits per heavy atom. The second kappa shape index (κ2) is 9.09. The molecule has 28 heavy (non-hydrogen) atoms. The van der Waals surface area contributed by atoms with Gasteiger partial charge in [-0.25, -0.2) is 0 Å². The molecule has 144 valence electrons. The molecule has 1 aliphatic rings. The average molecular weight is 435 g/mol. The lowest BCUT2D eigenvalue weighted by molar-refractivity contribution is -0.118. The predicted molar refractivity (Wildman–Crippen MR) is 115 cm³/mol. The molecule has 0 unspecified atom stereocenters. The van der Waals surface area contributed by atoms with Gasteiger partial charge in [-0.1, -0.05) is 29.9 Å². The summed E-state index contributed by atoms with van der Waals surface area (Å²) in [6.45, 7) is -0.183. The Bertz CT molecular complexity index is 961. The molecule has 1 saturated heterocycles. The summed E-state index contributed by atoms with van der Waals surface area (Å²) < 4.78 is 10.9. The van der Waals surface area contributed by atoms with Gasteiger partial charge < -0.3 is 20.1 Å². The zero-order valence-corrected chi connectivity index (χ0v) is 17.0. The van der Waals surface area contributed by atoms with Gasteiger partial charge in [-0.2, -0.15) is 0 Å². The van der Waals surface area contributed by atoms with E-state index >= 15 is 0 Å². The van der Waals surface area contributed by atoms with Crippen LogP contribution in [0, 0.1) is 0 Å². The highest BCUT2D eigenvalue weighted by Gasteiger charge is 2.21. The second-order valence-electron chi connectivity index (χ2n) is 5.61. The van der Waals surface area contributed by atoms with E-state index < -0.39 is 0 Å². The molecular weight excluding hydrogens is 420 g/mol. The van der Waals surface area contributed by atoms with Gasteiger partial charge in [0, 0.05) is 10.7 Å². The van der Waals surface area contributed by atoms with Gasteiger partial charge in [0.1, 0.15) is 4.99 Å². The van der Waals surface area contributed by atoms with Gasteiger partial charge in [0.2, 0.25) is 0 Å². The van der Waals surface area contributed by atoms with Crippen molar-refractivity contribution in [2.45, 2.75) is 0 Å². The lowest BCUT2D eigenvalue weighted by atomic mass is 10.2. The summed E-state index contributed by atoms with van der Waals surface area (Å²) >= 11 is 12.0. The minimum Gasteiger partial charge on any atom is -0.493 e. The number of amides is 2. The number of halogens is 1. The van der Waals surface area contributed by atoms with Crippen LogP contribution in [0.25, 0.3) is 6.08 Å². The number of carbonyl (C=O) groups is 2. The maximum Gasteiger partial charge on any atom is 0.289 e. The molecule has 0 bridgehead atoms. The average Bonchev–Trinajstić information content (AvgIpc) is 2.99. The van der Waals surface area contributed by atoms with Gasteiger partial charge in [0.05, 0.1) is 12.0 Å². The fourth-order valence-electron chi connectivity index (χ4n) is 2.34. The number of thioether (sulfide) groups is 1. The summed E-state index contributed by atoms with van der Waals surface area (Å²) in [7, 11) is 1.51. The third-order valence-corrected chi connectivity index (χ3v) is 5.15. The Balaban J connectivity index is 1.64. The van der Waals surface area contributed by atoms with Crippen LogP contribution in [0.1, 0.15) is 5.56 Å². The smallest absolute Gasteiger partial charge is 0.289 e. The molecule has 0 atom stereocenters. The molecule has 1 heterocycles. The number of thiocarbonyl (C=S) groups is 1. The SMILES string of the molecule is COc1cc(C=C2SC(=O)NC2=S)ccc1OCC(=O)Nc1ccc(Cl)cc1. The Labute approximate surface area is 176 Å². The molecule has 2 aromatic carbocycles. The number of hydrogen-bond donors (Lipinski definition) is 2. The molecule has 2 aromatic rings. The normalized spacial score (nSPS) is 14.7. The summed E-state index contributed by atoms with van der Waals surface area (Å²) in [6.07, 6.45) is 1.78. The first-order valence-electron chi connectivity index (χ1n) is 8.06. The maximum atomic E-state index is 12.1. The lowest BCUT2D eigenvalue weighted by Crippen LogP contribution is -2.20. The summed E-state index contributed by atoms with van der Waals surface area (Å²) in [5.74, 6) is 0.571. The molecule has 0 aliphatic carbocycles. The Morgan fingerprint density at radius 2 is 2.00 bits per heavy atom. The molecule has 6 nitrogen and oxygen atoms in total. The van der Waals surface area contributed by atoms with E-state index in [0.29, 0.717) is 32.1 Å². The maximum absolute atomic E-state index is 12.1. The van der Waals surface area contributed by atoms with Crippen LogP contribution < -0.4 is 20.1 Å². The van der Waals surface area contributed by atoms with Gasteiger partial charge in [0.15, 0.2) is 18.1 Å². The van der Waals surface area contributed by atoms with E-state index in [0.717, 1.165) is 17.3 Å². The molecule has 0 radical (unpaired) electrons. The second-order valence-corrected chi connectivity index (χ2v) is 7.47. The zero-order chi connectivity index (χ0) is 20.1. The van der Waals surface area contributed by atoms with Gasteiger partial charge in [-0.15, -0.1) is 0 Å². The number of carbonyl (C=O) groups excluding carboxylic acids is 2. The zero-order valence-electron chi connectivity index (χ0n) is 14.7. The van der Waals surface area contributed by atoms with Gasteiger partial charge >= 0.3 is 0 Å². The molecule has 2 amide bonds. The van der Waals surface area contributed by atoms with E-state index in [1.807, 2.05) is 0 Å². The fourth-order valence-corrected chi connectivity index (χ4v) is 3.50. The number of benzene rings is 2. The monoisotopic (exact) mass is 434 g/mol. The molecule has 0 saturated carbocycles. The molecule has 2 N–H and O–H groups in total. The largest absolute Gasteiger partial charge is 0.493 e. The van der Waals surface area contributed by atoms with Crippen LogP contribution in [0.5, 0.6) is 11.5 Å². The summed E-state index contributed by atoms with van der Waals surface area (Å²) in [6, 6.07) is 12.0. The van der Waals surface area contributed by atoms with Crippen molar-refractivity contribution in [2.24, 2.45) is 0 Å².